The molecular formula is C14H23ClO2S. The predicted octanol–water partition coefficient (Wildman–Crippen LogP) is 3.65. The Labute approximate surface area is 115 Å². The van der Waals surface area contributed by atoms with Gasteiger partial charge in [-0.2, -0.15) is 0 Å². The third-order valence-electron chi connectivity index (χ3n) is 5.78. The molecule has 4 rings (SSSR count). The molecule has 0 heterocycles. The normalized spacial score (nSPS) is 44.2. The minimum atomic E-state index is -3.35. The third kappa shape index (κ3) is 2.45. The van der Waals surface area contributed by atoms with Crippen molar-refractivity contribution in [3.63, 3.8) is 0 Å². The second-order valence-electron chi connectivity index (χ2n) is 6.88. The maximum atomic E-state index is 11.4. The number of rotatable bonds is 4. The fourth-order valence-electron chi connectivity index (χ4n) is 5.49. The Bertz CT molecular complexity index is 390. The van der Waals surface area contributed by atoms with Crippen LogP contribution in [-0.4, -0.2) is 14.2 Å². The van der Waals surface area contributed by atoms with E-state index in [1.54, 1.807) is 0 Å². The van der Waals surface area contributed by atoms with Gasteiger partial charge in [-0.1, -0.05) is 13.3 Å². The highest BCUT2D eigenvalue weighted by Crippen LogP contribution is 2.58. The van der Waals surface area contributed by atoms with Crippen molar-refractivity contribution >= 4 is 19.7 Å². The molecule has 1 atom stereocenters. The molecule has 0 radical (unpaired) electrons. The number of hydrogen-bond acceptors (Lipinski definition) is 2. The molecule has 0 saturated heterocycles. The zero-order valence-electron chi connectivity index (χ0n) is 11.0. The molecule has 0 aromatic heterocycles. The Kier molecular flexibility index (Phi) is 3.43. The van der Waals surface area contributed by atoms with E-state index in [2.05, 4.69) is 6.92 Å². The molecule has 2 nitrogen and oxygen atoms in total. The third-order valence-corrected chi connectivity index (χ3v) is 6.99. The van der Waals surface area contributed by atoms with Crippen LogP contribution in [0.5, 0.6) is 0 Å². The molecule has 4 heteroatoms. The van der Waals surface area contributed by atoms with Crippen LogP contribution in [0.4, 0.5) is 0 Å². The summed E-state index contributed by atoms with van der Waals surface area (Å²) in [4.78, 5) is 0. The van der Waals surface area contributed by atoms with Crippen molar-refractivity contribution < 1.29 is 8.42 Å². The average molecular weight is 291 g/mol. The maximum absolute atomic E-state index is 11.4. The summed E-state index contributed by atoms with van der Waals surface area (Å²) in [6.07, 6.45) is 7.84. The van der Waals surface area contributed by atoms with Crippen molar-refractivity contribution in [3.8, 4) is 0 Å². The summed E-state index contributed by atoms with van der Waals surface area (Å²) >= 11 is 0. The van der Waals surface area contributed by atoms with E-state index in [0.717, 1.165) is 30.1 Å². The van der Waals surface area contributed by atoms with Crippen LogP contribution in [0.15, 0.2) is 0 Å². The van der Waals surface area contributed by atoms with E-state index in [0.29, 0.717) is 11.8 Å². The zero-order valence-corrected chi connectivity index (χ0v) is 12.6. The first kappa shape index (κ1) is 13.2. The van der Waals surface area contributed by atoms with Gasteiger partial charge >= 0.3 is 0 Å². The SMILES string of the molecule is CCC(CS(=O)(=O)Cl)C1C2CC3CC(C2)CC1C3. The smallest absolute Gasteiger partial charge is 0.212 e. The first-order valence-electron chi connectivity index (χ1n) is 7.38. The van der Waals surface area contributed by atoms with E-state index in [-0.39, 0.29) is 5.75 Å². The lowest BCUT2D eigenvalue weighted by Crippen LogP contribution is -2.48. The molecule has 0 aliphatic heterocycles. The van der Waals surface area contributed by atoms with Gasteiger partial charge in [-0.3, -0.25) is 0 Å². The zero-order chi connectivity index (χ0) is 12.9. The first-order valence-corrected chi connectivity index (χ1v) is 9.86. The first-order chi connectivity index (χ1) is 8.46. The summed E-state index contributed by atoms with van der Waals surface area (Å²) in [5.74, 6) is 4.62. The van der Waals surface area contributed by atoms with Crippen LogP contribution in [0, 0.1) is 35.5 Å². The van der Waals surface area contributed by atoms with E-state index in [1.165, 1.54) is 32.1 Å². The van der Waals surface area contributed by atoms with E-state index < -0.39 is 9.05 Å². The van der Waals surface area contributed by atoms with Gasteiger partial charge in [-0.15, -0.1) is 0 Å². The van der Waals surface area contributed by atoms with E-state index in [4.69, 9.17) is 10.7 Å². The average Bonchev–Trinajstić information content (AvgIpc) is 2.24. The van der Waals surface area contributed by atoms with Crippen molar-refractivity contribution in [1.82, 2.24) is 0 Å². The maximum Gasteiger partial charge on any atom is 0.232 e. The summed E-state index contributed by atoms with van der Waals surface area (Å²) in [5, 5.41) is 0. The topological polar surface area (TPSA) is 34.1 Å². The molecule has 1 unspecified atom stereocenters. The van der Waals surface area contributed by atoms with Crippen LogP contribution < -0.4 is 0 Å². The quantitative estimate of drug-likeness (QED) is 0.741. The summed E-state index contributed by atoms with van der Waals surface area (Å²) in [6, 6.07) is 0. The highest BCUT2D eigenvalue weighted by molar-refractivity contribution is 8.13. The van der Waals surface area contributed by atoms with Crippen molar-refractivity contribution in [2.75, 3.05) is 5.75 Å². The van der Waals surface area contributed by atoms with Crippen LogP contribution in [0.1, 0.15) is 45.4 Å². The molecule has 4 aliphatic rings. The molecular weight excluding hydrogens is 268 g/mol. The van der Waals surface area contributed by atoms with Crippen LogP contribution in [0.25, 0.3) is 0 Å². The van der Waals surface area contributed by atoms with Crippen LogP contribution in [0.3, 0.4) is 0 Å². The molecule has 4 saturated carbocycles. The highest BCUT2D eigenvalue weighted by Gasteiger charge is 2.50. The van der Waals surface area contributed by atoms with Gasteiger partial charge in [0, 0.05) is 10.7 Å². The molecule has 0 aromatic carbocycles. The van der Waals surface area contributed by atoms with Crippen molar-refractivity contribution in [2.45, 2.75) is 45.4 Å². The number of halogens is 1. The fraction of sp³-hybridized carbons (Fsp3) is 1.00. The van der Waals surface area contributed by atoms with Crippen molar-refractivity contribution in [2.24, 2.45) is 35.5 Å². The van der Waals surface area contributed by atoms with E-state index >= 15 is 0 Å². The van der Waals surface area contributed by atoms with Gasteiger partial charge in [0.05, 0.1) is 5.75 Å². The van der Waals surface area contributed by atoms with E-state index in [1.807, 2.05) is 0 Å². The fourth-order valence-corrected chi connectivity index (χ4v) is 6.95. The van der Waals surface area contributed by atoms with Gasteiger partial charge in [0.2, 0.25) is 9.05 Å². The molecule has 4 aliphatic carbocycles. The predicted molar refractivity (Wildman–Crippen MR) is 74.0 cm³/mol. The molecule has 0 spiro atoms. The highest BCUT2D eigenvalue weighted by atomic mass is 35.7. The van der Waals surface area contributed by atoms with Gasteiger partial charge in [0.15, 0.2) is 0 Å². The Morgan fingerprint density at radius 3 is 1.94 bits per heavy atom. The number of hydrogen-bond donors (Lipinski definition) is 0. The largest absolute Gasteiger partial charge is 0.232 e. The second-order valence-corrected chi connectivity index (χ2v) is 9.70. The minimum Gasteiger partial charge on any atom is -0.212 e. The van der Waals surface area contributed by atoms with Crippen LogP contribution in [0.2, 0.25) is 0 Å². The van der Waals surface area contributed by atoms with Gasteiger partial charge < -0.3 is 0 Å². The lowest BCUT2D eigenvalue weighted by Gasteiger charge is -2.56. The summed E-state index contributed by atoms with van der Waals surface area (Å²) in [6.45, 7) is 2.12. The Hall–Kier alpha value is 0.240. The van der Waals surface area contributed by atoms with Gasteiger partial charge in [-0.05, 0) is 67.6 Å². The molecule has 0 amide bonds. The Morgan fingerprint density at radius 2 is 1.56 bits per heavy atom. The van der Waals surface area contributed by atoms with Gasteiger partial charge in [-0.25, -0.2) is 8.42 Å². The molecule has 4 fully saturated rings. The molecule has 0 aromatic rings. The summed E-state index contributed by atoms with van der Waals surface area (Å²) in [7, 11) is 2.15. The summed E-state index contributed by atoms with van der Waals surface area (Å²) in [5.41, 5.74) is 0. The molecule has 0 N–H and O–H groups in total. The van der Waals surface area contributed by atoms with Crippen LogP contribution >= 0.6 is 10.7 Å². The molecule has 104 valence electrons. The van der Waals surface area contributed by atoms with Crippen molar-refractivity contribution in [3.05, 3.63) is 0 Å². The Morgan fingerprint density at radius 1 is 1.06 bits per heavy atom. The lowest BCUT2D eigenvalue weighted by molar-refractivity contribution is -0.0582. The molecule has 18 heavy (non-hydrogen) atoms. The minimum absolute atomic E-state index is 0.193. The van der Waals surface area contributed by atoms with Crippen molar-refractivity contribution in [1.29, 1.82) is 0 Å². The second kappa shape index (κ2) is 4.66. The summed E-state index contributed by atoms with van der Waals surface area (Å²) < 4.78 is 22.8. The van der Waals surface area contributed by atoms with Crippen LogP contribution in [-0.2, 0) is 9.05 Å². The lowest BCUT2D eigenvalue weighted by atomic mass is 9.49. The van der Waals surface area contributed by atoms with Gasteiger partial charge in [0.25, 0.3) is 0 Å². The standard InChI is InChI=1S/C14H23ClO2S/c1-2-11(8-18(15,16)17)14-12-4-9-3-10(6-12)7-13(14)5-9/h9-14H,2-8H2,1H3. The van der Waals surface area contributed by atoms with Gasteiger partial charge in [0.1, 0.15) is 0 Å². The molecule has 4 bridgehead atoms. The van der Waals surface area contributed by atoms with E-state index in [9.17, 15) is 8.42 Å². The Balaban J connectivity index is 1.78. The monoisotopic (exact) mass is 290 g/mol.